The van der Waals surface area contributed by atoms with Crippen molar-refractivity contribution in [2.75, 3.05) is 12.9 Å². The van der Waals surface area contributed by atoms with Crippen LogP contribution in [-0.2, 0) is 4.74 Å². The average Bonchev–Trinajstić information content (AvgIpc) is 2.47. The van der Waals surface area contributed by atoms with E-state index < -0.39 is 5.97 Å². The maximum absolute atomic E-state index is 11.8. The second kappa shape index (κ2) is 6.52. The standard InChI is InChI=1S/C15H16N2O2S/c1-4-19-14(18)13-9-12(16-15(17-13)20-3)11-7-5-10(2)6-8-11/h5-9H,4H2,1-3H3. The highest BCUT2D eigenvalue weighted by molar-refractivity contribution is 7.98. The first-order valence-electron chi connectivity index (χ1n) is 6.31. The van der Waals surface area contributed by atoms with Crippen molar-refractivity contribution in [1.82, 2.24) is 9.97 Å². The number of aromatic nitrogens is 2. The highest BCUT2D eigenvalue weighted by Crippen LogP contribution is 2.21. The maximum Gasteiger partial charge on any atom is 0.357 e. The van der Waals surface area contributed by atoms with E-state index in [-0.39, 0.29) is 0 Å². The first-order chi connectivity index (χ1) is 9.63. The van der Waals surface area contributed by atoms with Crippen LogP contribution in [0.2, 0.25) is 0 Å². The minimum atomic E-state index is -0.418. The topological polar surface area (TPSA) is 52.1 Å². The Bertz CT molecular complexity index is 612. The predicted molar refractivity (Wildman–Crippen MR) is 79.9 cm³/mol. The Morgan fingerprint density at radius 1 is 1.25 bits per heavy atom. The lowest BCUT2D eigenvalue weighted by molar-refractivity contribution is 0.0518. The number of aryl methyl sites for hydroxylation is 1. The summed E-state index contributed by atoms with van der Waals surface area (Å²) in [4.78, 5) is 20.5. The van der Waals surface area contributed by atoms with Gasteiger partial charge < -0.3 is 4.74 Å². The molecule has 0 aliphatic heterocycles. The number of rotatable bonds is 4. The first kappa shape index (κ1) is 14.5. The van der Waals surface area contributed by atoms with Gasteiger partial charge in [-0.15, -0.1) is 0 Å². The first-order valence-corrected chi connectivity index (χ1v) is 7.53. The quantitative estimate of drug-likeness (QED) is 0.490. The molecule has 20 heavy (non-hydrogen) atoms. The number of thioether (sulfide) groups is 1. The SMILES string of the molecule is CCOC(=O)c1cc(-c2ccc(C)cc2)nc(SC)n1. The van der Waals surface area contributed by atoms with E-state index in [0.717, 1.165) is 11.3 Å². The normalized spacial score (nSPS) is 10.3. The van der Waals surface area contributed by atoms with Gasteiger partial charge in [-0.3, -0.25) is 0 Å². The molecular weight excluding hydrogens is 272 g/mol. The van der Waals surface area contributed by atoms with Gasteiger partial charge in [0.2, 0.25) is 0 Å². The van der Waals surface area contributed by atoms with E-state index in [0.29, 0.717) is 17.5 Å². The lowest BCUT2D eigenvalue weighted by atomic mass is 10.1. The Kier molecular flexibility index (Phi) is 4.74. The van der Waals surface area contributed by atoms with Crippen LogP contribution in [-0.4, -0.2) is 28.8 Å². The van der Waals surface area contributed by atoms with Gasteiger partial charge in [0.05, 0.1) is 12.3 Å². The average molecular weight is 288 g/mol. The van der Waals surface area contributed by atoms with Crippen molar-refractivity contribution in [1.29, 1.82) is 0 Å². The van der Waals surface area contributed by atoms with E-state index >= 15 is 0 Å². The summed E-state index contributed by atoms with van der Waals surface area (Å²) in [5, 5.41) is 0.561. The van der Waals surface area contributed by atoms with Gasteiger partial charge in [0.1, 0.15) is 0 Å². The summed E-state index contributed by atoms with van der Waals surface area (Å²) in [6.07, 6.45) is 1.88. The zero-order valence-corrected chi connectivity index (χ0v) is 12.5. The number of nitrogens with zero attached hydrogens (tertiary/aromatic N) is 2. The number of carbonyl (C=O) groups excluding carboxylic acids is 1. The number of hydrogen-bond donors (Lipinski definition) is 0. The van der Waals surface area contributed by atoms with Crippen LogP contribution in [0.15, 0.2) is 35.5 Å². The van der Waals surface area contributed by atoms with E-state index in [1.165, 1.54) is 17.3 Å². The van der Waals surface area contributed by atoms with Gasteiger partial charge in [-0.1, -0.05) is 41.6 Å². The van der Waals surface area contributed by atoms with Crippen LogP contribution in [0.4, 0.5) is 0 Å². The Morgan fingerprint density at radius 3 is 2.55 bits per heavy atom. The van der Waals surface area contributed by atoms with Crippen molar-refractivity contribution < 1.29 is 9.53 Å². The van der Waals surface area contributed by atoms with Gasteiger partial charge in [-0.05, 0) is 26.2 Å². The molecule has 2 aromatic rings. The summed E-state index contributed by atoms with van der Waals surface area (Å²) in [5.41, 5.74) is 3.16. The summed E-state index contributed by atoms with van der Waals surface area (Å²) in [7, 11) is 0. The van der Waals surface area contributed by atoms with Crippen LogP contribution >= 0.6 is 11.8 Å². The summed E-state index contributed by atoms with van der Waals surface area (Å²) in [6.45, 7) is 4.13. The van der Waals surface area contributed by atoms with E-state index in [9.17, 15) is 4.79 Å². The Morgan fingerprint density at radius 2 is 1.95 bits per heavy atom. The van der Waals surface area contributed by atoms with Crippen molar-refractivity contribution >= 4 is 17.7 Å². The summed E-state index contributed by atoms with van der Waals surface area (Å²) in [6, 6.07) is 9.66. The largest absolute Gasteiger partial charge is 0.461 e. The highest BCUT2D eigenvalue weighted by atomic mass is 32.2. The Hall–Kier alpha value is -1.88. The molecular formula is C15H16N2O2S. The van der Waals surface area contributed by atoms with Crippen LogP contribution in [0.3, 0.4) is 0 Å². The molecule has 0 fully saturated rings. The van der Waals surface area contributed by atoms with E-state index in [1.807, 2.05) is 37.4 Å². The molecule has 5 heteroatoms. The van der Waals surface area contributed by atoms with Crippen molar-refractivity contribution in [3.63, 3.8) is 0 Å². The molecule has 0 spiro atoms. The molecule has 0 bridgehead atoms. The van der Waals surface area contributed by atoms with Crippen LogP contribution < -0.4 is 0 Å². The van der Waals surface area contributed by atoms with Gasteiger partial charge in [-0.25, -0.2) is 14.8 Å². The second-order valence-electron chi connectivity index (χ2n) is 4.21. The van der Waals surface area contributed by atoms with Crippen molar-refractivity contribution in [2.45, 2.75) is 19.0 Å². The molecule has 104 valence electrons. The molecule has 0 aliphatic carbocycles. The van der Waals surface area contributed by atoms with E-state index in [2.05, 4.69) is 9.97 Å². The Balaban J connectivity index is 2.44. The number of carbonyl (C=O) groups is 1. The molecule has 0 unspecified atom stereocenters. The van der Waals surface area contributed by atoms with Crippen LogP contribution in [0.1, 0.15) is 23.0 Å². The minimum Gasteiger partial charge on any atom is -0.461 e. The molecule has 0 saturated heterocycles. The molecule has 0 amide bonds. The third-order valence-electron chi connectivity index (χ3n) is 2.72. The molecule has 0 saturated carbocycles. The number of ether oxygens (including phenoxy) is 1. The van der Waals surface area contributed by atoms with Gasteiger partial charge in [0, 0.05) is 5.56 Å². The lowest BCUT2D eigenvalue weighted by Crippen LogP contribution is -2.09. The fourth-order valence-corrected chi connectivity index (χ4v) is 2.08. The van der Waals surface area contributed by atoms with E-state index in [1.54, 1.807) is 13.0 Å². The minimum absolute atomic E-state index is 0.293. The van der Waals surface area contributed by atoms with Gasteiger partial charge >= 0.3 is 5.97 Å². The Labute approximate surface area is 122 Å². The van der Waals surface area contributed by atoms with Gasteiger partial charge in [0.25, 0.3) is 0 Å². The third kappa shape index (κ3) is 3.36. The highest BCUT2D eigenvalue weighted by Gasteiger charge is 2.13. The third-order valence-corrected chi connectivity index (χ3v) is 3.27. The fraction of sp³-hybridized carbons (Fsp3) is 0.267. The number of hydrogen-bond acceptors (Lipinski definition) is 5. The second-order valence-corrected chi connectivity index (χ2v) is 4.99. The molecule has 0 radical (unpaired) electrons. The molecule has 0 atom stereocenters. The molecule has 4 nitrogen and oxygen atoms in total. The number of benzene rings is 1. The molecule has 1 aromatic carbocycles. The van der Waals surface area contributed by atoms with Crippen molar-refractivity contribution in [3.05, 3.63) is 41.6 Å². The smallest absolute Gasteiger partial charge is 0.357 e. The lowest BCUT2D eigenvalue weighted by Gasteiger charge is -2.07. The van der Waals surface area contributed by atoms with Crippen LogP contribution in [0, 0.1) is 6.92 Å². The summed E-state index contributed by atoms with van der Waals surface area (Å²) >= 11 is 1.40. The maximum atomic E-state index is 11.8. The zero-order chi connectivity index (χ0) is 14.5. The number of esters is 1. The molecule has 0 aliphatic rings. The molecule has 1 aromatic heterocycles. The van der Waals surface area contributed by atoms with Crippen molar-refractivity contribution in [3.8, 4) is 11.3 Å². The van der Waals surface area contributed by atoms with Crippen LogP contribution in [0.25, 0.3) is 11.3 Å². The van der Waals surface area contributed by atoms with Crippen molar-refractivity contribution in [2.24, 2.45) is 0 Å². The zero-order valence-electron chi connectivity index (χ0n) is 11.7. The van der Waals surface area contributed by atoms with E-state index in [4.69, 9.17) is 4.74 Å². The molecule has 1 heterocycles. The molecule has 2 rings (SSSR count). The summed E-state index contributed by atoms with van der Waals surface area (Å²) in [5.74, 6) is -0.418. The fourth-order valence-electron chi connectivity index (χ4n) is 1.70. The monoisotopic (exact) mass is 288 g/mol. The van der Waals surface area contributed by atoms with Gasteiger partial charge in [-0.2, -0.15) is 0 Å². The molecule has 0 N–H and O–H groups in total. The van der Waals surface area contributed by atoms with Gasteiger partial charge in [0.15, 0.2) is 10.9 Å². The predicted octanol–water partition coefficient (Wildman–Crippen LogP) is 3.35. The summed E-state index contributed by atoms with van der Waals surface area (Å²) < 4.78 is 5.00. The van der Waals surface area contributed by atoms with Crippen LogP contribution in [0.5, 0.6) is 0 Å².